The summed E-state index contributed by atoms with van der Waals surface area (Å²) in [6, 6.07) is 26.1. The summed E-state index contributed by atoms with van der Waals surface area (Å²) < 4.78 is 33.1. The number of hydrogen-bond donors (Lipinski definition) is 2. The van der Waals surface area contributed by atoms with Gasteiger partial charge >= 0.3 is 6.09 Å². The number of carbonyl (C=O) groups is 2. The minimum atomic E-state index is -1.52. The lowest BCUT2D eigenvalue weighted by Crippen LogP contribution is -2.70. The predicted molar refractivity (Wildman–Crippen MR) is 253 cm³/mol. The van der Waals surface area contributed by atoms with E-state index in [-0.39, 0.29) is 63.0 Å². The monoisotopic (exact) mass is 920 g/mol. The number of oxime groups is 1. The molecule has 7 atom stereocenters. The van der Waals surface area contributed by atoms with Gasteiger partial charge in [-0.25, -0.2) is 4.79 Å². The molecule has 4 aromatic carbocycles. The number of nitrogens with zero attached hydrogens (tertiary/aromatic N) is 2. The summed E-state index contributed by atoms with van der Waals surface area (Å²) in [7, 11) is 0. The number of allylic oxidation sites excluding steroid dienone is 1. The lowest BCUT2D eigenvalue weighted by atomic mass is 9.55. The molecule has 13 heteroatoms. The van der Waals surface area contributed by atoms with E-state index in [1.165, 1.54) is 0 Å². The molecule has 2 aliphatic heterocycles. The van der Waals surface area contributed by atoms with Crippen LogP contribution in [0.15, 0.2) is 114 Å². The highest BCUT2D eigenvalue weighted by Gasteiger charge is 2.66. The minimum Gasteiger partial charge on any atom is -0.459 e. The van der Waals surface area contributed by atoms with Crippen molar-refractivity contribution in [2.45, 2.75) is 94.8 Å². The number of benzene rings is 4. The van der Waals surface area contributed by atoms with E-state index in [1.807, 2.05) is 48.5 Å². The van der Waals surface area contributed by atoms with Gasteiger partial charge in [-0.15, -0.1) is 18.2 Å². The Morgan fingerprint density at radius 1 is 0.955 bits per heavy atom. The number of carbonyl (C=O) groups excluding carboxylic acids is 2. The van der Waals surface area contributed by atoms with E-state index >= 15 is 0 Å². The summed E-state index contributed by atoms with van der Waals surface area (Å²) >= 11 is 6.18. The van der Waals surface area contributed by atoms with Crippen LogP contribution >= 0.6 is 11.6 Å². The predicted octanol–water partition coefficient (Wildman–Crippen LogP) is 10.5. The highest BCUT2D eigenvalue weighted by atomic mass is 35.5. The summed E-state index contributed by atoms with van der Waals surface area (Å²) in [6.45, 7) is 5.03. The number of hydrogen-bond acceptors (Lipinski definition) is 11. The third-order valence-electron chi connectivity index (χ3n) is 13.4. The molecule has 1 unspecified atom stereocenters. The van der Waals surface area contributed by atoms with Gasteiger partial charge in [0.25, 0.3) is 0 Å². The van der Waals surface area contributed by atoms with Crippen LogP contribution in [0.3, 0.4) is 0 Å². The molecule has 0 bridgehead atoms. The van der Waals surface area contributed by atoms with Crippen LogP contribution in [0.25, 0.3) is 10.8 Å². The Hall–Kier alpha value is -5.24. The fourth-order valence-electron chi connectivity index (χ4n) is 10.5. The quantitative estimate of drug-likeness (QED) is 0.0272. The average molecular weight is 922 g/mol. The minimum absolute atomic E-state index is 0.00931. The number of ether oxygens (including phenoxy) is 5. The fraction of sp³-hybridized carbons (Fsp3) is 0.453. The molecule has 2 heterocycles. The van der Waals surface area contributed by atoms with Crippen molar-refractivity contribution >= 4 is 40.5 Å². The van der Waals surface area contributed by atoms with Crippen LogP contribution in [-0.4, -0.2) is 90.2 Å². The number of alkyl halides is 1. The van der Waals surface area contributed by atoms with Gasteiger partial charge in [-0.05, 0) is 103 Å². The summed E-state index contributed by atoms with van der Waals surface area (Å²) in [5.41, 5.74) is 3.85. The number of aliphatic hydroxyl groups excluding tert-OH is 2. The van der Waals surface area contributed by atoms with Gasteiger partial charge < -0.3 is 38.7 Å². The van der Waals surface area contributed by atoms with Crippen molar-refractivity contribution in [1.82, 2.24) is 4.90 Å². The van der Waals surface area contributed by atoms with Gasteiger partial charge in [0.1, 0.15) is 36.2 Å². The van der Waals surface area contributed by atoms with Gasteiger partial charge in [-0.3, -0.25) is 9.69 Å². The summed E-state index contributed by atoms with van der Waals surface area (Å²) in [6.07, 6.45) is 10.9. The largest absolute Gasteiger partial charge is 0.459 e. The smallest absolute Gasteiger partial charge is 0.410 e. The van der Waals surface area contributed by atoms with E-state index in [0.29, 0.717) is 54.4 Å². The van der Waals surface area contributed by atoms with E-state index in [1.54, 1.807) is 29.2 Å². The van der Waals surface area contributed by atoms with Crippen molar-refractivity contribution in [3.8, 4) is 17.2 Å². The molecule has 1 saturated heterocycles. The molecule has 2 fully saturated rings. The number of aldehydes is 1. The van der Waals surface area contributed by atoms with Crippen LogP contribution in [0.1, 0.15) is 91.6 Å². The number of amides is 1. The number of fused-ring (bicyclic) bond motifs is 3. The average Bonchev–Trinajstić information content (AvgIpc) is 3.35. The van der Waals surface area contributed by atoms with Crippen molar-refractivity contribution in [2.24, 2.45) is 22.9 Å². The summed E-state index contributed by atoms with van der Waals surface area (Å²) in [5, 5.41) is 27.0. The Bertz CT molecular complexity index is 2360. The van der Waals surface area contributed by atoms with E-state index in [0.717, 1.165) is 72.3 Å². The zero-order valence-corrected chi connectivity index (χ0v) is 38.2. The molecule has 1 saturated carbocycles. The maximum atomic E-state index is 14.9. The molecule has 4 aliphatic rings. The first-order chi connectivity index (χ1) is 32.4. The first-order valence-electron chi connectivity index (χ1n) is 23.5. The Morgan fingerprint density at radius 3 is 2.55 bits per heavy atom. The molecule has 0 radical (unpaired) electrons. The topological polar surface area (TPSA) is 146 Å². The Morgan fingerprint density at radius 2 is 1.76 bits per heavy atom. The van der Waals surface area contributed by atoms with Gasteiger partial charge in [-0.2, -0.15) is 0 Å². The maximum Gasteiger partial charge on any atom is 0.410 e. The van der Waals surface area contributed by atoms with E-state index in [9.17, 15) is 19.8 Å². The molecule has 2 N–H and O–H groups in total. The highest BCUT2D eigenvalue weighted by molar-refractivity contribution is 6.18. The first kappa shape index (κ1) is 47.3. The normalized spacial score (nSPS) is 24.9. The van der Waals surface area contributed by atoms with E-state index in [2.05, 4.69) is 30.9 Å². The van der Waals surface area contributed by atoms with Gasteiger partial charge in [0, 0.05) is 43.1 Å². The molecule has 2 aliphatic carbocycles. The second-order valence-electron chi connectivity index (χ2n) is 17.5. The molecule has 8 rings (SSSR count). The Labute approximate surface area is 392 Å². The molecule has 0 spiro atoms. The van der Waals surface area contributed by atoms with Crippen LogP contribution in [0.4, 0.5) is 4.79 Å². The standard InChI is InChI=1S/C53H61ClN2O10/c1-2-27-63-53-48(56(52(60)62-29-24-54)34-39-17-12-16-37-14-3-4-19-42(37)39)33-46(55-66-49-21-7-10-28-61-49)44-31-38(15-5-8-25-57)43(20-6-9-26-58)50(51(44)53)45-32-41(22-23-47(45)65-53)64-40-18-11-13-36(30-40)35-59/h2-4,11-14,16-19,22-23,30-32,35,38,43,48-51,57-58H,1,5-10,15,20-21,24-29,33-34H2/t38-,43+,48-,49?,50+,51+,53+/m0/s1. The maximum absolute atomic E-state index is 14.9. The molecule has 1 amide bonds. The van der Waals surface area contributed by atoms with Crippen LogP contribution in [-0.2, 0) is 25.6 Å². The van der Waals surface area contributed by atoms with Crippen molar-refractivity contribution < 1.29 is 48.3 Å². The molecule has 0 aromatic heterocycles. The zero-order valence-electron chi connectivity index (χ0n) is 37.4. The van der Waals surface area contributed by atoms with Crippen molar-refractivity contribution in [3.05, 3.63) is 126 Å². The molecule has 12 nitrogen and oxygen atoms in total. The second-order valence-corrected chi connectivity index (χ2v) is 17.9. The molecular weight excluding hydrogens is 860 g/mol. The molecule has 66 heavy (non-hydrogen) atoms. The van der Waals surface area contributed by atoms with Gasteiger partial charge in [0.05, 0.1) is 37.3 Å². The molecule has 4 aromatic rings. The van der Waals surface area contributed by atoms with Crippen LogP contribution < -0.4 is 9.47 Å². The van der Waals surface area contributed by atoms with Crippen molar-refractivity contribution in [2.75, 3.05) is 38.9 Å². The molecule has 350 valence electrons. The number of aliphatic hydroxyl groups is 2. The SMILES string of the molecule is C=CCO[C@@]12Oc3ccc(Oc4cccc(C=O)c4)cc3[C@H]3[C@H](CCCCO)[C@@H](CCCCO)C=C(C(=NOC4CCCCO4)C[C@@H]1N(Cc1cccc4ccccc14)C(=O)OCCCl)[C@H]32. The zero-order chi connectivity index (χ0) is 45.9. The van der Waals surface area contributed by atoms with Gasteiger partial charge in [0.2, 0.25) is 12.1 Å². The molecular formula is C53H61ClN2O10. The Balaban J connectivity index is 1.35. The lowest BCUT2D eigenvalue weighted by molar-refractivity contribution is -0.256. The van der Waals surface area contributed by atoms with Gasteiger partial charge in [0.15, 0.2) is 0 Å². The van der Waals surface area contributed by atoms with E-state index in [4.69, 9.17) is 45.3 Å². The van der Waals surface area contributed by atoms with Crippen LogP contribution in [0, 0.1) is 17.8 Å². The number of halogens is 1. The lowest BCUT2D eigenvalue weighted by Gasteiger charge is -2.60. The summed E-state index contributed by atoms with van der Waals surface area (Å²) in [5.74, 6) is -0.600. The van der Waals surface area contributed by atoms with Crippen LogP contribution in [0.5, 0.6) is 17.2 Å². The Kier molecular flexibility index (Phi) is 16.1. The third kappa shape index (κ3) is 10.3. The second kappa shape index (κ2) is 22.5. The van der Waals surface area contributed by atoms with E-state index < -0.39 is 30.1 Å². The number of rotatable bonds is 21. The summed E-state index contributed by atoms with van der Waals surface area (Å²) in [4.78, 5) is 34.6. The van der Waals surface area contributed by atoms with Gasteiger partial charge in [-0.1, -0.05) is 84.7 Å². The fourth-order valence-corrected chi connectivity index (χ4v) is 10.6. The first-order valence-corrected chi connectivity index (χ1v) is 24.0. The van der Waals surface area contributed by atoms with Crippen LogP contribution in [0.2, 0.25) is 0 Å². The third-order valence-corrected chi connectivity index (χ3v) is 13.6. The van der Waals surface area contributed by atoms with Crippen molar-refractivity contribution in [3.63, 3.8) is 0 Å². The highest BCUT2D eigenvalue weighted by Crippen LogP contribution is 2.62. The van der Waals surface area contributed by atoms with Crippen molar-refractivity contribution in [1.29, 1.82) is 0 Å². The number of unbranched alkanes of at least 4 members (excludes halogenated alkanes) is 2.